The zero-order valence-electron chi connectivity index (χ0n) is 7.40. The lowest BCUT2D eigenvalue weighted by atomic mass is 10.3. The predicted octanol–water partition coefficient (Wildman–Crippen LogP) is 0.992. The van der Waals surface area contributed by atoms with Crippen molar-refractivity contribution < 1.29 is 8.42 Å². The van der Waals surface area contributed by atoms with E-state index >= 15 is 0 Å². The van der Waals surface area contributed by atoms with Crippen LogP contribution in [-0.2, 0) is 10.0 Å². The van der Waals surface area contributed by atoms with Crippen LogP contribution in [0.2, 0.25) is 0 Å². The van der Waals surface area contributed by atoms with Gasteiger partial charge in [-0.15, -0.1) is 0 Å². The lowest BCUT2D eigenvalue weighted by Crippen LogP contribution is -2.22. The number of hydrogen-bond acceptors (Lipinski definition) is 3. The molecule has 0 aromatic heterocycles. The van der Waals surface area contributed by atoms with Crippen LogP contribution in [0.5, 0.6) is 0 Å². The second kappa shape index (κ2) is 4.94. The van der Waals surface area contributed by atoms with Crippen molar-refractivity contribution in [1.82, 2.24) is 0 Å². The van der Waals surface area contributed by atoms with Crippen molar-refractivity contribution in [2.24, 2.45) is 5.14 Å². The molecule has 0 aliphatic heterocycles. The number of rotatable bonds is 4. The molecule has 0 heterocycles. The molecule has 6 heteroatoms. The molecule has 1 aromatic rings. The number of benzene rings is 1. The van der Waals surface area contributed by atoms with Crippen molar-refractivity contribution in [3.8, 4) is 0 Å². The molecular weight excluding hydrogens is 315 g/mol. The first-order valence-electron chi connectivity index (χ1n) is 3.97. The zero-order chi connectivity index (χ0) is 10.6. The molecule has 0 radical (unpaired) electrons. The van der Waals surface area contributed by atoms with Gasteiger partial charge >= 0.3 is 0 Å². The zero-order valence-corrected chi connectivity index (χ0v) is 10.4. The van der Waals surface area contributed by atoms with Crippen molar-refractivity contribution in [3.05, 3.63) is 27.8 Å². The van der Waals surface area contributed by atoms with E-state index in [2.05, 4.69) is 27.9 Å². The molecule has 0 unspecified atom stereocenters. The Balaban J connectivity index is 2.43. The quantitative estimate of drug-likeness (QED) is 0.811. The van der Waals surface area contributed by atoms with E-state index < -0.39 is 10.0 Å². The first-order chi connectivity index (χ1) is 6.47. The van der Waals surface area contributed by atoms with Crippen LogP contribution in [0.1, 0.15) is 0 Å². The van der Waals surface area contributed by atoms with Crippen LogP contribution in [0.3, 0.4) is 0 Å². The first kappa shape index (κ1) is 11.7. The summed E-state index contributed by atoms with van der Waals surface area (Å²) < 4.78 is 22.4. The van der Waals surface area contributed by atoms with Gasteiger partial charge in [0.15, 0.2) is 0 Å². The highest BCUT2D eigenvalue weighted by Gasteiger charge is 2.01. The van der Waals surface area contributed by atoms with Crippen molar-refractivity contribution in [2.75, 3.05) is 17.6 Å². The maximum absolute atomic E-state index is 10.6. The molecule has 0 saturated carbocycles. The van der Waals surface area contributed by atoms with Crippen LogP contribution in [0.4, 0.5) is 5.69 Å². The Labute approximate surface area is 97.1 Å². The number of nitrogens with one attached hydrogen (secondary N) is 1. The minimum Gasteiger partial charge on any atom is -0.384 e. The smallest absolute Gasteiger partial charge is 0.210 e. The second-order valence-electron chi connectivity index (χ2n) is 2.80. The molecule has 0 spiro atoms. The van der Waals surface area contributed by atoms with Crippen LogP contribution in [-0.4, -0.2) is 20.7 Å². The summed E-state index contributed by atoms with van der Waals surface area (Å²) in [5.74, 6) is -0.0566. The lowest BCUT2D eigenvalue weighted by molar-refractivity contribution is 0.598. The molecule has 0 aliphatic rings. The average Bonchev–Trinajstić information content (AvgIpc) is 2.06. The van der Waals surface area contributed by atoms with E-state index in [-0.39, 0.29) is 5.75 Å². The fourth-order valence-corrected chi connectivity index (χ4v) is 1.65. The van der Waals surface area contributed by atoms with Gasteiger partial charge in [-0.3, -0.25) is 0 Å². The Kier molecular flexibility index (Phi) is 4.14. The van der Waals surface area contributed by atoms with Gasteiger partial charge in [0, 0.05) is 15.8 Å². The average molecular weight is 326 g/mol. The molecule has 0 amide bonds. The van der Waals surface area contributed by atoms with Crippen LogP contribution in [0.15, 0.2) is 24.3 Å². The van der Waals surface area contributed by atoms with Gasteiger partial charge in [0.1, 0.15) is 0 Å². The summed E-state index contributed by atoms with van der Waals surface area (Å²) in [4.78, 5) is 0. The maximum Gasteiger partial charge on any atom is 0.210 e. The number of primary sulfonamides is 1. The third-order valence-corrected chi connectivity index (χ3v) is 3.05. The van der Waals surface area contributed by atoms with E-state index in [9.17, 15) is 8.42 Å². The number of nitrogens with two attached hydrogens (primary N) is 1. The van der Waals surface area contributed by atoms with Crippen LogP contribution in [0.25, 0.3) is 0 Å². The largest absolute Gasteiger partial charge is 0.384 e. The van der Waals surface area contributed by atoms with Gasteiger partial charge in [0.05, 0.1) is 5.75 Å². The predicted molar refractivity (Wildman–Crippen MR) is 65.6 cm³/mol. The summed E-state index contributed by atoms with van der Waals surface area (Å²) in [5, 5.41) is 7.82. The highest BCUT2D eigenvalue weighted by atomic mass is 127. The van der Waals surface area contributed by atoms with Crippen molar-refractivity contribution in [3.63, 3.8) is 0 Å². The fourth-order valence-electron chi connectivity index (χ4n) is 0.905. The molecule has 14 heavy (non-hydrogen) atoms. The number of anilines is 1. The van der Waals surface area contributed by atoms with Crippen molar-refractivity contribution in [1.29, 1.82) is 0 Å². The maximum atomic E-state index is 10.6. The molecule has 3 N–H and O–H groups in total. The van der Waals surface area contributed by atoms with E-state index in [1.54, 1.807) is 0 Å². The highest BCUT2D eigenvalue weighted by Crippen LogP contribution is 2.10. The van der Waals surface area contributed by atoms with Gasteiger partial charge in [-0.2, -0.15) is 0 Å². The third kappa shape index (κ3) is 4.77. The Morgan fingerprint density at radius 3 is 2.36 bits per heavy atom. The standard InChI is InChI=1S/C8H11IN2O2S/c9-7-1-3-8(4-2-7)11-5-6-14(10,12)13/h1-4,11H,5-6H2,(H2,10,12,13). The highest BCUT2D eigenvalue weighted by molar-refractivity contribution is 14.1. The van der Waals surface area contributed by atoms with E-state index in [0.717, 1.165) is 9.26 Å². The summed E-state index contributed by atoms with van der Waals surface area (Å²) in [6, 6.07) is 7.68. The summed E-state index contributed by atoms with van der Waals surface area (Å²) in [6.45, 7) is 0.333. The van der Waals surface area contributed by atoms with E-state index in [1.807, 2.05) is 24.3 Å². The third-order valence-electron chi connectivity index (χ3n) is 1.56. The van der Waals surface area contributed by atoms with Gasteiger partial charge in [0.25, 0.3) is 0 Å². The lowest BCUT2D eigenvalue weighted by Gasteiger charge is -2.04. The molecule has 0 atom stereocenters. The molecule has 0 bridgehead atoms. The number of sulfonamides is 1. The molecule has 4 nitrogen and oxygen atoms in total. The summed E-state index contributed by atoms with van der Waals surface area (Å²) >= 11 is 2.20. The second-order valence-corrected chi connectivity index (χ2v) is 5.78. The van der Waals surface area contributed by atoms with Crippen LogP contribution >= 0.6 is 22.6 Å². The van der Waals surface area contributed by atoms with E-state index in [1.165, 1.54) is 0 Å². The van der Waals surface area contributed by atoms with Crippen LogP contribution < -0.4 is 10.5 Å². The molecular formula is C8H11IN2O2S. The molecule has 78 valence electrons. The molecule has 0 saturated heterocycles. The van der Waals surface area contributed by atoms with Gasteiger partial charge in [-0.05, 0) is 46.9 Å². The van der Waals surface area contributed by atoms with Gasteiger partial charge in [-0.1, -0.05) is 0 Å². The Morgan fingerprint density at radius 1 is 1.29 bits per heavy atom. The van der Waals surface area contributed by atoms with E-state index in [4.69, 9.17) is 5.14 Å². The fraction of sp³-hybridized carbons (Fsp3) is 0.250. The molecule has 1 rings (SSSR count). The number of hydrogen-bond donors (Lipinski definition) is 2. The van der Waals surface area contributed by atoms with Gasteiger partial charge in [0.2, 0.25) is 10.0 Å². The van der Waals surface area contributed by atoms with Crippen molar-refractivity contribution >= 4 is 38.3 Å². The first-order valence-corrected chi connectivity index (χ1v) is 6.77. The monoisotopic (exact) mass is 326 g/mol. The summed E-state index contributed by atoms with van der Waals surface area (Å²) in [6.07, 6.45) is 0. The Morgan fingerprint density at radius 2 is 1.86 bits per heavy atom. The minimum absolute atomic E-state index is 0.0566. The summed E-state index contributed by atoms with van der Waals surface area (Å²) in [5.41, 5.74) is 0.897. The van der Waals surface area contributed by atoms with Gasteiger partial charge in [-0.25, -0.2) is 13.6 Å². The molecule has 1 aromatic carbocycles. The van der Waals surface area contributed by atoms with Gasteiger partial charge < -0.3 is 5.32 Å². The molecule has 0 aliphatic carbocycles. The normalized spacial score (nSPS) is 11.3. The minimum atomic E-state index is -3.37. The Bertz CT molecular complexity index is 388. The van der Waals surface area contributed by atoms with Crippen molar-refractivity contribution in [2.45, 2.75) is 0 Å². The topological polar surface area (TPSA) is 72.2 Å². The Hall–Kier alpha value is -0.340. The summed E-state index contributed by atoms with van der Waals surface area (Å²) in [7, 11) is -3.37. The van der Waals surface area contributed by atoms with E-state index in [0.29, 0.717) is 6.54 Å². The SMILES string of the molecule is NS(=O)(=O)CCNc1ccc(I)cc1. The van der Waals surface area contributed by atoms with Crippen LogP contribution in [0, 0.1) is 3.57 Å². The molecule has 0 fully saturated rings. The number of halogens is 1.